The molecule has 102 valence electrons. The minimum absolute atomic E-state index is 0.152. The molecule has 0 fully saturated rings. The van der Waals surface area contributed by atoms with Crippen LogP contribution in [0.2, 0.25) is 0 Å². The van der Waals surface area contributed by atoms with Crippen molar-refractivity contribution in [3.8, 4) is 0 Å². The second kappa shape index (κ2) is 5.09. The highest BCUT2D eigenvalue weighted by Gasteiger charge is 2.38. The van der Waals surface area contributed by atoms with E-state index in [-0.39, 0.29) is 11.6 Å². The van der Waals surface area contributed by atoms with Crippen molar-refractivity contribution in [1.82, 2.24) is 9.36 Å². The predicted octanol–water partition coefficient (Wildman–Crippen LogP) is 2.61. The van der Waals surface area contributed by atoms with E-state index in [1.165, 1.54) is 6.92 Å². The number of rotatable bonds is 5. The molecule has 1 aromatic rings. The third-order valence-corrected chi connectivity index (χ3v) is 2.91. The monoisotopic (exact) mass is 283 g/mol. The molecule has 1 atom stereocenters. The van der Waals surface area contributed by atoms with Crippen LogP contribution in [0.1, 0.15) is 32.5 Å². The Morgan fingerprint density at radius 2 is 2.11 bits per heavy atom. The first-order valence-corrected chi connectivity index (χ1v) is 5.89. The number of hydrogen-bond donors (Lipinski definition) is 2. The fourth-order valence-electron chi connectivity index (χ4n) is 1.35. The lowest BCUT2D eigenvalue weighted by molar-refractivity contribution is -0.144. The van der Waals surface area contributed by atoms with Crippen molar-refractivity contribution >= 4 is 22.6 Å². The second-order valence-corrected chi connectivity index (χ2v) is 4.69. The molecule has 0 aliphatic heterocycles. The van der Waals surface area contributed by atoms with E-state index in [4.69, 9.17) is 5.11 Å². The lowest BCUT2D eigenvalue weighted by Gasteiger charge is -2.24. The Balaban J connectivity index is 2.89. The standard InChI is InChI=1S/C9H12F3N3O2S/c1-3-4-8(2,6(16)17)14-7-13-5(15-18-7)9(10,11)12/h3-4H2,1-2H3,(H,16,17)(H,13,14,15). The normalized spacial score (nSPS) is 15.2. The zero-order chi connectivity index (χ0) is 14.0. The van der Waals surface area contributed by atoms with Crippen molar-refractivity contribution in [2.75, 3.05) is 5.32 Å². The van der Waals surface area contributed by atoms with Gasteiger partial charge in [-0.15, -0.1) is 0 Å². The Bertz CT molecular complexity index is 435. The Morgan fingerprint density at radius 3 is 2.50 bits per heavy atom. The van der Waals surface area contributed by atoms with Gasteiger partial charge in [0.1, 0.15) is 5.54 Å². The molecule has 0 bridgehead atoms. The van der Waals surface area contributed by atoms with Crippen LogP contribution in [-0.4, -0.2) is 26.0 Å². The van der Waals surface area contributed by atoms with Gasteiger partial charge in [-0.25, -0.2) is 4.79 Å². The number of aromatic nitrogens is 2. The summed E-state index contributed by atoms with van der Waals surface area (Å²) in [5.41, 5.74) is -1.35. The maximum absolute atomic E-state index is 12.3. The van der Waals surface area contributed by atoms with Gasteiger partial charge in [-0.1, -0.05) is 13.3 Å². The second-order valence-electron chi connectivity index (χ2n) is 3.93. The quantitative estimate of drug-likeness (QED) is 0.868. The summed E-state index contributed by atoms with van der Waals surface area (Å²) < 4.78 is 40.0. The SMILES string of the molecule is CCCC(C)(Nc1nc(C(F)(F)F)ns1)C(=O)O. The summed E-state index contributed by atoms with van der Waals surface area (Å²) in [5.74, 6) is -2.41. The Kier molecular flexibility index (Phi) is 4.15. The number of carbonyl (C=O) groups is 1. The number of aliphatic carboxylic acids is 1. The van der Waals surface area contributed by atoms with Gasteiger partial charge in [0.2, 0.25) is 11.0 Å². The molecule has 18 heavy (non-hydrogen) atoms. The fourth-order valence-corrected chi connectivity index (χ4v) is 2.06. The Hall–Kier alpha value is -1.38. The minimum atomic E-state index is -4.62. The van der Waals surface area contributed by atoms with Crippen molar-refractivity contribution in [1.29, 1.82) is 0 Å². The number of carboxylic acid groups (broad SMARTS) is 1. The fraction of sp³-hybridized carbons (Fsp3) is 0.667. The number of carboxylic acids is 1. The highest BCUT2D eigenvalue weighted by Crippen LogP contribution is 2.30. The first-order valence-electron chi connectivity index (χ1n) is 5.11. The highest BCUT2D eigenvalue weighted by molar-refractivity contribution is 7.09. The van der Waals surface area contributed by atoms with Crippen LogP contribution in [-0.2, 0) is 11.0 Å². The number of alkyl halides is 3. The number of hydrogen-bond acceptors (Lipinski definition) is 5. The molecule has 9 heteroatoms. The van der Waals surface area contributed by atoms with E-state index in [0.717, 1.165) is 0 Å². The summed E-state index contributed by atoms with van der Waals surface area (Å²) in [5, 5.41) is 11.4. The topological polar surface area (TPSA) is 75.1 Å². The summed E-state index contributed by atoms with van der Waals surface area (Å²) >= 11 is 0.491. The third kappa shape index (κ3) is 3.31. The molecule has 0 saturated heterocycles. The van der Waals surface area contributed by atoms with E-state index in [0.29, 0.717) is 18.0 Å². The molecule has 2 N–H and O–H groups in total. The predicted molar refractivity (Wildman–Crippen MR) is 59.5 cm³/mol. The number of nitrogens with one attached hydrogen (secondary N) is 1. The van der Waals surface area contributed by atoms with E-state index < -0.39 is 23.5 Å². The van der Waals surface area contributed by atoms with Gasteiger partial charge in [0, 0.05) is 11.5 Å². The molecule has 5 nitrogen and oxygen atoms in total. The molecule has 1 unspecified atom stereocenters. The zero-order valence-corrected chi connectivity index (χ0v) is 10.5. The molecular weight excluding hydrogens is 271 g/mol. The lowest BCUT2D eigenvalue weighted by atomic mass is 9.97. The first kappa shape index (κ1) is 14.7. The van der Waals surface area contributed by atoms with E-state index in [2.05, 4.69) is 14.7 Å². The van der Waals surface area contributed by atoms with Crippen molar-refractivity contribution < 1.29 is 23.1 Å². The van der Waals surface area contributed by atoms with Crippen molar-refractivity contribution in [2.24, 2.45) is 0 Å². The Morgan fingerprint density at radius 1 is 1.50 bits per heavy atom. The van der Waals surface area contributed by atoms with E-state index in [1.807, 2.05) is 0 Å². The third-order valence-electron chi connectivity index (χ3n) is 2.28. The highest BCUT2D eigenvalue weighted by atomic mass is 32.1. The molecule has 1 rings (SSSR count). The maximum atomic E-state index is 12.3. The van der Waals surface area contributed by atoms with Crippen LogP contribution in [0.3, 0.4) is 0 Å². The average molecular weight is 283 g/mol. The van der Waals surface area contributed by atoms with Crippen molar-refractivity contribution in [3.63, 3.8) is 0 Å². The van der Waals surface area contributed by atoms with Gasteiger partial charge >= 0.3 is 12.1 Å². The van der Waals surface area contributed by atoms with Crippen LogP contribution in [0.25, 0.3) is 0 Å². The first-order chi connectivity index (χ1) is 8.19. The van der Waals surface area contributed by atoms with Gasteiger partial charge in [0.15, 0.2) is 0 Å². The molecule has 0 saturated carbocycles. The van der Waals surface area contributed by atoms with Crippen LogP contribution in [0, 0.1) is 0 Å². The summed E-state index contributed by atoms with van der Waals surface area (Å²) in [6, 6.07) is 0. The van der Waals surface area contributed by atoms with Gasteiger partial charge in [-0.2, -0.15) is 22.5 Å². The molecule has 0 aliphatic carbocycles. The van der Waals surface area contributed by atoms with Gasteiger partial charge in [0.05, 0.1) is 0 Å². The van der Waals surface area contributed by atoms with Gasteiger partial charge in [0.25, 0.3) is 0 Å². The Labute approximate surface area is 105 Å². The number of anilines is 1. The lowest BCUT2D eigenvalue weighted by Crippen LogP contribution is -2.43. The molecule has 0 spiro atoms. The average Bonchev–Trinajstić information content (AvgIpc) is 2.65. The zero-order valence-electron chi connectivity index (χ0n) is 9.71. The number of nitrogens with zero attached hydrogens (tertiary/aromatic N) is 2. The van der Waals surface area contributed by atoms with Crippen molar-refractivity contribution in [2.45, 2.75) is 38.4 Å². The molecular formula is C9H12F3N3O2S. The van der Waals surface area contributed by atoms with Crippen LogP contribution < -0.4 is 5.32 Å². The molecule has 0 aromatic carbocycles. The van der Waals surface area contributed by atoms with Crippen LogP contribution in [0.15, 0.2) is 0 Å². The summed E-state index contributed by atoms with van der Waals surface area (Å²) in [6.45, 7) is 3.18. The van der Waals surface area contributed by atoms with E-state index >= 15 is 0 Å². The number of halogens is 3. The summed E-state index contributed by atoms with van der Waals surface area (Å²) in [4.78, 5) is 14.3. The summed E-state index contributed by atoms with van der Waals surface area (Å²) in [6.07, 6.45) is -3.79. The molecule has 0 aliphatic rings. The van der Waals surface area contributed by atoms with Gasteiger partial charge in [-0.05, 0) is 13.3 Å². The van der Waals surface area contributed by atoms with Gasteiger partial charge < -0.3 is 10.4 Å². The minimum Gasteiger partial charge on any atom is -0.480 e. The molecule has 0 radical (unpaired) electrons. The van der Waals surface area contributed by atoms with Gasteiger partial charge in [-0.3, -0.25) is 0 Å². The smallest absolute Gasteiger partial charge is 0.452 e. The van der Waals surface area contributed by atoms with Crippen LogP contribution in [0.5, 0.6) is 0 Å². The van der Waals surface area contributed by atoms with E-state index in [9.17, 15) is 18.0 Å². The summed E-state index contributed by atoms with van der Waals surface area (Å²) in [7, 11) is 0. The van der Waals surface area contributed by atoms with E-state index in [1.54, 1.807) is 6.92 Å². The molecule has 1 aromatic heterocycles. The van der Waals surface area contributed by atoms with Crippen LogP contribution >= 0.6 is 11.5 Å². The van der Waals surface area contributed by atoms with Crippen LogP contribution in [0.4, 0.5) is 18.3 Å². The largest absolute Gasteiger partial charge is 0.480 e. The maximum Gasteiger partial charge on any atom is 0.452 e. The molecule has 1 heterocycles. The van der Waals surface area contributed by atoms with Crippen molar-refractivity contribution in [3.05, 3.63) is 5.82 Å². The molecule has 0 amide bonds.